The van der Waals surface area contributed by atoms with Crippen molar-refractivity contribution in [1.82, 2.24) is 34.7 Å². The number of ether oxygens (including phenoxy) is 5. The Morgan fingerprint density at radius 2 is 1.61 bits per heavy atom. The monoisotopic (exact) mass is 783 g/mol. The Bertz CT molecular complexity index is 2100. The molecule has 1 atom stereocenters. The van der Waals surface area contributed by atoms with Gasteiger partial charge in [0.1, 0.15) is 48.0 Å². The number of nitrogens with one attached hydrogen (secondary N) is 2. The zero-order valence-corrected chi connectivity index (χ0v) is 32.6. The Kier molecular flexibility index (Phi) is 12.7. The fourth-order valence-corrected chi connectivity index (χ4v) is 7.23. The van der Waals surface area contributed by atoms with Crippen LogP contribution in [0.4, 0.5) is 17.6 Å². The fraction of sp³-hybridized carbons (Fsp3) is 0.475. The maximum Gasteiger partial charge on any atom is 0.262 e. The van der Waals surface area contributed by atoms with Crippen molar-refractivity contribution in [2.24, 2.45) is 0 Å². The Morgan fingerprint density at radius 3 is 2.35 bits per heavy atom. The lowest BCUT2D eigenvalue weighted by Gasteiger charge is -2.31. The van der Waals surface area contributed by atoms with E-state index in [1.54, 1.807) is 31.6 Å². The molecular weight excluding hydrogens is 734 g/mol. The van der Waals surface area contributed by atoms with Crippen molar-refractivity contribution in [2.75, 3.05) is 70.1 Å². The molecule has 0 bridgehead atoms. The van der Waals surface area contributed by atoms with E-state index in [1.165, 1.54) is 6.07 Å². The van der Waals surface area contributed by atoms with Gasteiger partial charge in [0.15, 0.2) is 0 Å². The summed E-state index contributed by atoms with van der Waals surface area (Å²) in [6.45, 7) is 12.0. The summed E-state index contributed by atoms with van der Waals surface area (Å²) in [5, 5.41) is 5.97. The molecule has 2 fully saturated rings. The molecule has 17 nitrogen and oxygen atoms in total. The van der Waals surface area contributed by atoms with Crippen LogP contribution in [-0.4, -0.2) is 119 Å². The van der Waals surface area contributed by atoms with Gasteiger partial charge in [0.25, 0.3) is 11.8 Å². The number of allylic oxidation sites excluding steroid dienone is 1. The Morgan fingerprint density at radius 1 is 0.877 bits per heavy atom. The van der Waals surface area contributed by atoms with Crippen LogP contribution in [0.5, 0.6) is 5.75 Å². The summed E-state index contributed by atoms with van der Waals surface area (Å²) in [6, 6.07) is 7.80. The Balaban J connectivity index is 0.805. The second kappa shape index (κ2) is 18.2. The molecule has 1 aromatic carbocycles. The van der Waals surface area contributed by atoms with E-state index in [9.17, 15) is 14.4 Å². The van der Waals surface area contributed by atoms with E-state index < -0.39 is 23.8 Å². The van der Waals surface area contributed by atoms with Crippen LogP contribution in [0.3, 0.4) is 0 Å². The second-order valence-electron chi connectivity index (χ2n) is 14.3. The van der Waals surface area contributed by atoms with Gasteiger partial charge in [0.05, 0.1) is 62.0 Å². The van der Waals surface area contributed by atoms with Crippen LogP contribution in [0, 0.1) is 0 Å². The predicted octanol–water partition coefficient (Wildman–Crippen LogP) is 4.18. The number of amides is 3. The van der Waals surface area contributed by atoms with E-state index in [4.69, 9.17) is 33.7 Å². The average molecular weight is 784 g/mol. The van der Waals surface area contributed by atoms with Crippen molar-refractivity contribution in [3.05, 3.63) is 72.0 Å². The maximum absolute atomic E-state index is 13.1. The number of pyridine rings is 1. The van der Waals surface area contributed by atoms with Crippen LogP contribution in [0.15, 0.2) is 55.0 Å². The Hall–Kier alpha value is -5.49. The number of fused-ring (bicyclic) bond motifs is 2. The van der Waals surface area contributed by atoms with Crippen LogP contribution in [0.1, 0.15) is 72.1 Å². The molecule has 3 amide bonds. The highest BCUT2D eigenvalue weighted by Crippen LogP contribution is 2.31. The van der Waals surface area contributed by atoms with E-state index in [1.807, 2.05) is 12.1 Å². The number of imidazole rings is 1. The summed E-state index contributed by atoms with van der Waals surface area (Å²) in [4.78, 5) is 60.3. The fourth-order valence-electron chi connectivity index (χ4n) is 7.23. The number of methoxy groups -OCH3 is 1. The first-order chi connectivity index (χ1) is 27.7. The van der Waals surface area contributed by atoms with Gasteiger partial charge in [0.2, 0.25) is 11.9 Å². The summed E-state index contributed by atoms with van der Waals surface area (Å²) >= 11 is 0. The summed E-state index contributed by atoms with van der Waals surface area (Å²) < 4.78 is 30.7. The number of piperidine rings is 2. The number of imide groups is 1. The minimum absolute atomic E-state index is 0.138. The number of hydrogen-bond donors (Lipinski definition) is 2. The largest absolute Gasteiger partial charge is 0.491 e. The van der Waals surface area contributed by atoms with Crippen molar-refractivity contribution in [1.29, 1.82) is 0 Å². The molecule has 0 saturated carbocycles. The number of carbonyl (C=O) groups is 3. The van der Waals surface area contributed by atoms with Gasteiger partial charge in [-0.1, -0.05) is 6.58 Å². The molecule has 3 aliphatic heterocycles. The summed E-state index contributed by atoms with van der Waals surface area (Å²) in [5.41, 5.74) is 2.77. The van der Waals surface area contributed by atoms with Gasteiger partial charge in [-0.15, -0.1) is 0 Å². The van der Waals surface area contributed by atoms with Crippen molar-refractivity contribution in [2.45, 2.75) is 64.3 Å². The third kappa shape index (κ3) is 9.23. The van der Waals surface area contributed by atoms with Crippen LogP contribution >= 0.6 is 0 Å². The predicted molar refractivity (Wildman–Crippen MR) is 210 cm³/mol. The van der Waals surface area contributed by atoms with Gasteiger partial charge in [-0.3, -0.25) is 19.3 Å². The van der Waals surface area contributed by atoms with Gasteiger partial charge in [-0.2, -0.15) is 4.98 Å². The molecule has 7 rings (SSSR count). The topological polar surface area (TPSA) is 184 Å². The lowest BCUT2D eigenvalue weighted by atomic mass is 10.0. The first-order valence-electron chi connectivity index (χ1n) is 19.3. The molecule has 0 aliphatic carbocycles. The quantitative estimate of drug-likeness (QED) is 0.108. The van der Waals surface area contributed by atoms with Gasteiger partial charge < -0.3 is 43.8 Å². The van der Waals surface area contributed by atoms with Crippen LogP contribution < -0.4 is 20.3 Å². The number of carbonyl (C=O) groups excluding carboxylic acids is 3. The number of anilines is 3. The van der Waals surface area contributed by atoms with E-state index in [0.29, 0.717) is 81.5 Å². The number of rotatable bonds is 18. The lowest BCUT2D eigenvalue weighted by molar-refractivity contribution is -0.125. The average Bonchev–Trinajstić information content (AvgIpc) is 3.70. The van der Waals surface area contributed by atoms with Crippen molar-refractivity contribution in [3.63, 3.8) is 0 Å². The molecule has 2 saturated heterocycles. The van der Waals surface area contributed by atoms with Crippen molar-refractivity contribution < 1.29 is 38.1 Å². The number of aromatic nitrogens is 5. The minimum Gasteiger partial charge on any atom is -0.491 e. The van der Waals surface area contributed by atoms with Crippen molar-refractivity contribution in [3.8, 4) is 5.75 Å². The number of hydrogen-bond acceptors (Lipinski definition) is 14. The summed E-state index contributed by atoms with van der Waals surface area (Å²) in [6.07, 6.45) is 6.54. The van der Waals surface area contributed by atoms with E-state index in [-0.39, 0.29) is 29.9 Å². The molecule has 6 heterocycles. The van der Waals surface area contributed by atoms with E-state index >= 15 is 0 Å². The molecule has 3 aliphatic rings. The van der Waals surface area contributed by atoms with E-state index in [0.717, 1.165) is 47.7 Å². The molecule has 0 radical (unpaired) electrons. The van der Waals surface area contributed by atoms with Crippen LogP contribution in [0.2, 0.25) is 0 Å². The summed E-state index contributed by atoms with van der Waals surface area (Å²) in [7, 11) is 1.76. The molecule has 0 spiro atoms. The van der Waals surface area contributed by atoms with Crippen LogP contribution in [-0.2, 0) is 30.3 Å². The van der Waals surface area contributed by atoms with E-state index in [2.05, 4.69) is 50.5 Å². The first-order valence-corrected chi connectivity index (χ1v) is 19.3. The summed E-state index contributed by atoms with van der Waals surface area (Å²) in [5.74, 6) is 1.84. The molecule has 2 N–H and O–H groups in total. The molecule has 17 heteroatoms. The third-order valence-electron chi connectivity index (χ3n) is 10.1. The highest BCUT2D eigenvalue weighted by molar-refractivity contribution is 6.23. The smallest absolute Gasteiger partial charge is 0.262 e. The van der Waals surface area contributed by atoms with Gasteiger partial charge in [-0.25, -0.2) is 15.0 Å². The molecule has 4 aromatic rings. The minimum atomic E-state index is -0.860. The second-order valence-corrected chi connectivity index (χ2v) is 14.3. The molecule has 302 valence electrons. The molecular formula is C40H49N9O8. The highest BCUT2D eigenvalue weighted by atomic mass is 16.6. The molecule has 57 heavy (non-hydrogen) atoms. The Labute approximate surface area is 330 Å². The zero-order valence-electron chi connectivity index (χ0n) is 32.6. The highest BCUT2D eigenvalue weighted by Gasteiger charge is 2.44. The zero-order chi connectivity index (χ0) is 39.9. The van der Waals surface area contributed by atoms with Crippen LogP contribution in [0.25, 0.3) is 11.0 Å². The first kappa shape index (κ1) is 39.7. The van der Waals surface area contributed by atoms with Gasteiger partial charge in [-0.05, 0) is 63.8 Å². The third-order valence-corrected chi connectivity index (χ3v) is 10.1. The number of benzene rings is 1. The molecule has 1 unspecified atom stereocenters. The van der Waals surface area contributed by atoms with Gasteiger partial charge >= 0.3 is 0 Å². The van der Waals surface area contributed by atoms with Crippen molar-refractivity contribution >= 4 is 46.3 Å². The SMILES string of the molecule is C=C1CCC(N2C(=O)c3ccc(OCCOCCOCCOCc4nc5cnc(Nc6ccnc(N7CCC(OC)CC7)n6)cc5n4C(C)C)cc3C2=O)C(=O)N1. The van der Waals surface area contributed by atoms with Gasteiger partial charge in [0, 0.05) is 44.2 Å². The normalized spacial score (nSPS) is 17.5. The molecule has 3 aromatic heterocycles. The maximum atomic E-state index is 13.1. The lowest BCUT2D eigenvalue weighted by Crippen LogP contribution is -2.51. The standard InChI is InChI=1S/C40H49N9O8/c1-25(2)48-33-22-35(45-34-9-12-41-40(46-34)47-13-10-27(53-4)11-14-47)42-23-31(33)44-36(48)24-56-18-17-54-15-16-55-19-20-57-28-6-7-29-30(21-28)39(52)49(38(29)51)32-8-5-26(3)43-37(32)50/h6-7,9,12,21-23,25,27,32H,3,5,8,10-11,13-20,24H2,1-2,4H3,(H,43,50)(H,41,42,45,46). The number of nitrogens with zero attached hydrogens (tertiary/aromatic N) is 7.